The fourth-order valence-corrected chi connectivity index (χ4v) is 1.16. The van der Waals surface area contributed by atoms with Gasteiger partial charge in [0.25, 0.3) is 0 Å². The molecule has 0 aliphatic heterocycles. The summed E-state index contributed by atoms with van der Waals surface area (Å²) in [4.78, 5) is 0. The predicted octanol–water partition coefficient (Wildman–Crippen LogP) is 1.08. The average molecular weight is 181 g/mol. The zero-order valence-corrected chi connectivity index (χ0v) is 7.73. The van der Waals surface area contributed by atoms with Gasteiger partial charge in [-0.2, -0.15) is 0 Å². The molecule has 1 aromatic carbocycles. The maximum atomic E-state index is 8.69. The quantitative estimate of drug-likeness (QED) is 0.730. The lowest BCUT2D eigenvalue weighted by Crippen LogP contribution is -2.11. The SMILES string of the molecule is COc1ccc(C(N)CCO)cc1. The minimum atomic E-state index is -0.0871. The molecule has 13 heavy (non-hydrogen) atoms. The number of nitrogens with two attached hydrogens (primary N) is 1. The highest BCUT2D eigenvalue weighted by Gasteiger charge is 2.04. The van der Waals surface area contributed by atoms with Gasteiger partial charge in [-0.1, -0.05) is 12.1 Å². The molecule has 0 spiro atoms. The molecule has 0 fully saturated rings. The molecule has 1 rings (SSSR count). The van der Waals surface area contributed by atoms with Crippen molar-refractivity contribution in [2.45, 2.75) is 12.5 Å². The summed E-state index contributed by atoms with van der Waals surface area (Å²) in [6, 6.07) is 7.48. The maximum Gasteiger partial charge on any atom is 0.118 e. The van der Waals surface area contributed by atoms with Crippen molar-refractivity contribution in [3.05, 3.63) is 29.8 Å². The van der Waals surface area contributed by atoms with Gasteiger partial charge < -0.3 is 15.6 Å². The van der Waals surface area contributed by atoms with Gasteiger partial charge in [0.2, 0.25) is 0 Å². The van der Waals surface area contributed by atoms with E-state index in [1.807, 2.05) is 24.3 Å². The average Bonchev–Trinajstić information content (AvgIpc) is 2.18. The highest BCUT2D eigenvalue weighted by atomic mass is 16.5. The van der Waals surface area contributed by atoms with Crippen LogP contribution < -0.4 is 10.5 Å². The van der Waals surface area contributed by atoms with E-state index in [9.17, 15) is 0 Å². The number of benzene rings is 1. The zero-order valence-electron chi connectivity index (χ0n) is 7.73. The Hall–Kier alpha value is -1.06. The molecule has 1 unspecified atom stereocenters. The van der Waals surface area contributed by atoms with Crippen LogP contribution in [0.3, 0.4) is 0 Å². The Bertz CT molecular complexity index is 246. The summed E-state index contributed by atoms with van der Waals surface area (Å²) in [7, 11) is 1.63. The van der Waals surface area contributed by atoms with Crippen LogP contribution in [0.5, 0.6) is 5.75 Å². The summed E-state index contributed by atoms with van der Waals surface area (Å²) in [5, 5.41) is 8.69. The fraction of sp³-hybridized carbons (Fsp3) is 0.400. The monoisotopic (exact) mass is 181 g/mol. The molecular weight excluding hydrogens is 166 g/mol. The summed E-state index contributed by atoms with van der Waals surface area (Å²) < 4.78 is 5.02. The summed E-state index contributed by atoms with van der Waals surface area (Å²) in [6.45, 7) is 0.118. The van der Waals surface area contributed by atoms with Crippen LogP contribution in [0.25, 0.3) is 0 Å². The van der Waals surface area contributed by atoms with Gasteiger partial charge in [-0.25, -0.2) is 0 Å². The van der Waals surface area contributed by atoms with Crippen molar-refractivity contribution < 1.29 is 9.84 Å². The van der Waals surface area contributed by atoms with Gasteiger partial charge in [-0.15, -0.1) is 0 Å². The third kappa shape index (κ3) is 2.72. The predicted molar refractivity (Wildman–Crippen MR) is 51.6 cm³/mol. The molecule has 0 amide bonds. The van der Waals surface area contributed by atoms with E-state index in [-0.39, 0.29) is 12.6 Å². The minimum Gasteiger partial charge on any atom is -0.497 e. The molecule has 3 nitrogen and oxygen atoms in total. The summed E-state index contributed by atoms with van der Waals surface area (Å²) >= 11 is 0. The first-order valence-electron chi connectivity index (χ1n) is 4.28. The Morgan fingerprint density at radius 3 is 2.46 bits per heavy atom. The van der Waals surface area contributed by atoms with Crippen LogP contribution >= 0.6 is 0 Å². The number of ether oxygens (including phenoxy) is 1. The molecule has 0 bridgehead atoms. The number of methoxy groups -OCH3 is 1. The van der Waals surface area contributed by atoms with E-state index in [4.69, 9.17) is 15.6 Å². The molecular formula is C10H15NO2. The van der Waals surface area contributed by atoms with Crippen molar-refractivity contribution in [2.75, 3.05) is 13.7 Å². The van der Waals surface area contributed by atoms with Crippen LogP contribution in [-0.2, 0) is 0 Å². The van der Waals surface area contributed by atoms with E-state index in [2.05, 4.69) is 0 Å². The lowest BCUT2D eigenvalue weighted by molar-refractivity contribution is 0.276. The smallest absolute Gasteiger partial charge is 0.118 e. The van der Waals surface area contributed by atoms with E-state index >= 15 is 0 Å². The topological polar surface area (TPSA) is 55.5 Å². The number of aliphatic hydroxyl groups is 1. The van der Waals surface area contributed by atoms with Gasteiger partial charge in [0.05, 0.1) is 7.11 Å². The molecule has 0 saturated carbocycles. The Kier molecular flexibility index (Phi) is 3.73. The molecule has 3 N–H and O–H groups in total. The lowest BCUT2D eigenvalue weighted by Gasteiger charge is -2.10. The van der Waals surface area contributed by atoms with E-state index < -0.39 is 0 Å². The molecule has 72 valence electrons. The van der Waals surface area contributed by atoms with Crippen LogP contribution in [0.1, 0.15) is 18.0 Å². The van der Waals surface area contributed by atoms with Crippen molar-refractivity contribution in [3.8, 4) is 5.75 Å². The van der Waals surface area contributed by atoms with Gasteiger partial charge in [0.1, 0.15) is 5.75 Å². The second kappa shape index (κ2) is 4.84. The highest BCUT2D eigenvalue weighted by molar-refractivity contribution is 5.28. The molecule has 0 aromatic heterocycles. The first kappa shape index (κ1) is 10.0. The van der Waals surface area contributed by atoms with Gasteiger partial charge >= 0.3 is 0 Å². The molecule has 0 heterocycles. The third-order valence-corrected chi connectivity index (χ3v) is 1.98. The molecule has 1 atom stereocenters. The molecule has 0 aliphatic carbocycles. The number of aliphatic hydroxyl groups excluding tert-OH is 1. The Labute approximate surface area is 78.1 Å². The van der Waals surface area contributed by atoms with Crippen LogP contribution in [0.4, 0.5) is 0 Å². The van der Waals surface area contributed by atoms with E-state index in [1.54, 1.807) is 7.11 Å². The Balaban J connectivity index is 2.67. The third-order valence-electron chi connectivity index (χ3n) is 1.98. The van der Waals surface area contributed by atoms with Gasteiger partial charge in [0, 0.05) is 12.6 Å². The van der Waals surface area contributed by atoms with Gasteiger partial charge in [0.15, 0.2) is 0 Å². The van der Waals surface area contributed by atoms with Crippen molar-refractivity contribution in [1.82, 2.24) is 0 Å². The van der Waals surface area contributed by atoms with Crippen molar-refractivity contribution in [1.29, 1.82) is 0 Å². The van der Waals surface area contributed by atoms with Gasteiger partial charge in [-0.3, -0.25) is 0 Å². The first-order chi connectivity index (χ1) is 6.27. The Morgan fingerprint density at radius 2 is 2.00 bits per heavy atom. The normalized spacial score (nSPS) is 12.5. The standard InChI is InChI=1S/C10H15NO2/c1-13-9-4-2-8(3-5-9)10(11)6-7-12/h2-5,10,12H,6-7,11H2,1H3. The molecule has 0 radical (unpaired) electrons. The number of hydrogen-bond donors (Lipinski definition) is 2. The second-order valence-corrected chi connectivity index (χ2v) is 2.89. The van der Waals surface area contributed by atoms with Crippen LogP contribution in [0, 0.1) is 0 Å². The summed E-state index contributed by atoms with van der Waals surface area (Å²) in [5.41, 5.74) is 6.82. The summed E-state index contributed by atoms with van der Waals surface area (Å²) in [5.74, 6) is 0.819. The van der Waals surface area contributed by atoms with Crippen molar-refractivity contribution >= 4 is 0 Å². The highest BCUT2D eigenvalue weighted by Crippen LogP contribution is 2.17. The van der Waals surface area contributed by atoms with Crippen LogP contribution in [0.2, 0.25) is 0 Å². The van der Waals surface area contributed by atoms with Crippen molar-refractivity contribution in [3.63, 3.8) is 0 Å². The zero-order chi connectivity index (χ0) is 9.68. The molecule has 0 saturated heterocycles. The van der Waals surface area contributed by atoms with Crippen LogP contribution in [-0.4, -0.2) is 18.8 Å². The largest absolute Gasteiger partial charge is 0.497 e. The van der Waals surface area contributed by atoms with E-state index in [0.717, 1.165) is 11.3 Å². The fourth-order valence-electron chi connectivity index (χ4n) is 1.16. The number of rotatable bonds is 4. The molecule has 0 aliphatic rings. The minimum absolute atomic E-state index is 0.0871. The summed E-state index contributed by atoms with van der Waals surface area (Å²) in [6.07, 6.45) is 0.590. The van der Waals surface area contributed by atoms with Crippen LogP contribution in [0.15, 0.2) is 24.3 Å². The lowest BCUT2D eigenvalue weighted by atomic mass is 10.1. The maximum absolute atomic E-state index is 8.69. The van der Waals surface area contributed by atoms with E-state index in [1.165, 1.54) is 0 Å². The Morgan fingerprint density at radius 1 is 1.38 bits per heavy atom. The molecule has 1 aromatic rings. The first-order valence-corrected chi connectivity index (χ1v) is 4.28. The van der Waals surface area contributed by atoms with E-state index in [0.29, 0.717) is 6.42 Å². The van der Waals surface area contributed by atoms with Gasteiger partial charge in [-0.05, 0) is 24.1 Å². The second-order valence-electron chi connectivity index (χ2n) is 2.89. The number of hydrogen-bond acceptors (Lipinski definition) is 3. The van der Waals surface area contributed by atoms with Crippen molar-refractivity contribution in [2.24, 2.45) is 5.73 Å². The molecule has 3 heteroatoms.